The fourth-order valence-electron chi connectivity index (χ4n) is 7.21. The molecular formula is C45H30N2. The Balaban J connectivity index is 1.40. The Morgan fingerprint density at radius 3 is 1.62 bits per heavy atom. The van der Waals surface area contributed by atoms with Crippen LogP contribution in [0.1, 0.15) is 0 Å². The van der Waals surface area contributed by atoms with E-state index in [2.05, 4.69) is 175 Å². The molecule has 0 bridgehead atoms. The van der Waals surface area contributed by atoms with Crippen molar-refractivity contribution in [2.75, 3.05) is 4.90 Å². The molecule has 0 aliphatic carbocycles. The van der Waals surface area contributed by atoms with Crippen LogP contribution in [0.5, 0.6) is 0 Å². The van der Waals surface area contributed by atoms with E-state index in [-0.39, 0.29) is 0 Å². The van der Waals surface area contributed by atoms with E-state index in [9.17, 15) is 0 Å². The van der Waals surface area contributed by atoms with Gasteiger partial charge >= 0.3 is 0 Å². The van der Waals surface area contributed by atoms with Gasteiger partial charge in [-0.15, -0.1) is 0 Å². The zero-order valence-electron chi connectivity index (χ0n) is 25.7. The lowest BCUT2D eigenvalue weighted by atomic mass is 9.88. The van der Waals surface area contributed by atoms with E-state index in [1.807, 2.05) is 12.3 Å². The quantitative estimate of drug-likeness (QED) is 0.145. The first-order valence-corrected chi connectivity index (χ1v) is 16.1. The normalized spacial score (nSPS) is 11.4. The Morgan fingerprint density at radius 1 is 0.362 bits per heavy atom. The van der Waals surface area contributed by atoms with Gasteiger partial charge in [0.1, 0.15) is 5.82 Å². The molecule has 0 radical (unpaired) electrons. The van der Waals surface area contributed by atoms with Gasteiger partial charge in [0.05, 0.1) is 11.4 Å². The number of pyridine rings is 1. The second-order valence-electron chi connectivity index (χ2n) is 11.9. The molecule has 0 amide bonds. The van der Waals surface area contributed by atoms with Gasteiger partial charge in [-0.05, 0) is 73.5 Å². The van der Waals surface area contributed by atoms with Gasteiger partial charge in [0.2, 0.25) is 0 Å². The average molecular weight is 599 g/mol. The summed E-state index contributed by atoms with van der Waals surface area (Å²) in [6.07, 6.45) is 1.89. The number of fused-ring (bicyclic) bond motifs is 5. The SMILES string of the molecule is c1ccc(-c2cccc(-c3c4ccccc4c(N(c4ccccn4)c4cc5ccccc5c5ccccc45)c4ccccc34)c2)cc1. The van der Waals surface area contributed by atoms with Crippen LogP contribution in [0, 0.1) is 0 Å². The van der Waals surface area contributed by atoms with Crippen LogP contribution in [0.25, 0.3) is 65.3 Å². The van der Waals surface area contributed by atoms with Crippen LogP contribution in [0.4, 0.5) is 17.2 Å². The van der Waals surface area contributed by atoms with Crippen LogP contribution in [0.3, 0.4) is 0 Å². The van der Waals surface area contributed by atoms with Crippen LogP contribution in [0.15, 0.2) is 182 Å². The van der Waals surface area contributed by atoms with Crippen molar-refractivity contribution in [1.29, 1.82) is 0 Å². The highest BCUT2D eigenvalue weighted by molar-refractivity contribution is 6.24. The van der Waals surface area contributed by atoms with Crippen LogP contribution in [-0.2, 0) is 0 Å². The highest BCUT2D eigenvalue weighted by Gasteiger charge is 2.24. The first kappa shape index (κ1) is 27.1. The Bertz CT molecular complexity index is 2510. The molecule has 1 heterocycles. The van der Waals surface area contributed by atoms with Crippen molar-refractivity contribution in [3.05, 3.63) is 182 Å². The van der Waals surface area contributed by atoms with Gasteiger partial charge in [-0.1, -0.05) is 152 Å². The highest BCUT2D eigenvalue weighted by Crippen LogP contribution is 2.49. The predicted molar refractivity (Wildman–Crippen MR) is 200 cm³/mol. The third-order valence-corrected chi connectivity index (χ3v) is 9.25. The Kier molecular flexibility index (Phi) is 6.50. The van der Waals surface area contributed by atoms with Crippen molar-refractivity contribution in [3.63, 3.8) is 0 Å². The number of benzene rings is 8. The molecule has 0 saturated carbocycles. The number of anilines is 3. The Labute approximate surface area is 273 Å². The predicted octanol–water partition coefficient (Wildman–Crippen LogP) is 12.5. The second-order valence-corrected chi connectivity index (χ2v) is 11.9. The molecule has 9 aromatic rings. The molecule has 0 unspecified atom stereocenters. The maximum Gasteiger partial charge on any atom is 0.137 e. The Hall–Kier alpha value is -6.25. The van der Waals surface area contributed by atoms with Crippen LogP contribution < -0.4 is 4.90 Å². The Morgan fingerprint density at radius 2 is 0.915 bits per heavy atom. The minimum Gasteiger partial charge on any atom is -0.293 e. The van der Waals surface area contributed by atoms with E-state index < -0.39 is 0 Å². The molecule has 0 saturated heterocycles. The minimum absolute atomic E-state index is 0.877. The molecule has 0 aliphatic rings. The van der Waals surface area contributed by atoms with Crippen molar-refractivity contribution >= 4 is 60.3 Å². The van der Waals surface area contributed by atoms with E-state index in [0.29, 0.717) is 0 Å². The minimum atomic E-state index is 0.877. The smallest absolute Gasteiger partial charge is 0.137 e. The van der Waals surface area contributed by atoms with Gasteiger partial charge in [0.25, 0.3) is 0 Å². The summed E-state index contributed by atoms with van der Waals surface area (Å²) in [6.45, 7) is 0. The maximum absolute atomic E-state index is 4.98. The van der Waals surface area contributed by atoms with E-state index in [4.69, 9.17) is 4.98 Å². The summed E-state index contributed by atoms with van der Waals surface area (Å²) in [6, 6.07) is 63.2. The van der Waals surface area contributed by atoms with Gasteiger partial charge in [-0.2, -0.15) is 0 Å². The van der Waals surface area contributed by atoms with E-state index >= 15 is 0 Å². The largest absolute Gasteiger partial charge is 0.293 e. The molecule has 0 fully saturated rings. The number of hydrogen-bond acceptors (Lipinski definition) is 2. The average Bonchev–Trinajstić information content (AvgIpc) is 3.15. The zero-order chi connectivity index (χ0) is 31.2. The third-order valence-electron chi connectivity index (χ3n) is 9.25. The lowest BCUT2D eigenvalue weighted by molar-refractivity contribution is 1.20. The molecule has 47 heavy (non-hydrogen) atoms. The van der Waals surface area contributed by atoms with Crippen molar-refractivity contribution in [2.45, 2.75) is 0 Å². The van der Waals surface area contributed by atoms with E-state index in [0.717, 1.165) is 17.2 Å². The van der Waals surface area contributed by atoms with E-state index in [1.54, 1.807) is 0 Å². The summed E-state index contributed by atoms with van der Waals surface area (Å²) in [7, 11) is 0. The van der Waals surface area contributed by atoms with Crippen molar-refractivity contribution in [3.8, 4) is 22.3 Å². The molecule has 0 aliphatic heterocycles. The standard InChI is InChI=1S/C45H30N2/c1-2-15-31(16-3-1)32-18-14-19-34(29-32)44-38-23-8-10-25-40(38)45(41-26-11-9-24-39(41)44)47(43-27-12-13-28-46-43)42-30-33-17-4-5-20-35(33)36-21-6-7-22-37(36)42/h1-30H. The van der Waals surface area contributed by atoms with Crippen molar-refractivity contribution in [2.24, 2.45) is 0 Å². The van der Waals surface area contributed by atoms with Gasteiger partial charge in [-0.3, -0.25) is 4.90 Å². The molecule has 0 spiro atoms. The molecule has 0 N–H and O–H groups in total. The molecule has 2 nitrogen and oxygen atoms in total. The summed E-state index contributed by atoms with van der Waals surface area (Å²) in [5, 5.41) is 9.62. The van der Waals surface area contributed by atoms with Gasteiger partial charge < -0.3 is 0 Å². The summed E-state index contributed by atoms with van der Waals surface area (Å²) in [5.74, 6) is 0.877. The topological polar surface area (TPSA) is 16.1 Å². The molecule has 220 valence electrons. The van der Waals surface area contributed by atoms with Gasteiger partial charge in [0, 0.05) is 22.4 Å². The maximum atomic E-state index is 4.98. The molecular weight excluding hydrogens is 569 g/mol. The number of rotatable bonds is 5. The van der Waals surface area contributed by atoms with E-state index in [1.165, 1.54) is 65.3 Å². The number of aromatic nitrogens is 1. The fourth-order valence-corrected chi connectivity index (χ4v) is 7.21. The lowest BCUT2D eigenvalue weighted by Crippen LogP contribution is -2.13. The highest BCUT2D eigenvalue weighted by atomic mass is 15.2. The summed E-state index contributed by atoms with van der Waals surface area (Å²) in [4.78, 5) is 7.36. The molecule has 8 aromatic carbocycles. The summed E-state index contributed by atoms with van der Waals surface area (Å²) >= 11 is 0. The number of nitrogens with zero attached hydrogens (tertiary/aromatic N) is 2. The van der Waals surface area contributed by atoms with Crippen molar-refractivity contribution < 1.29 is 0 Å². The van der Waals surface area contributed by atoms with Crippen molar-refractivity contribution in [1.82, 2.24) is 4.98 Å². The zero-order valence-corrected chi connectivity index (χ0v) is 25.7. The van der Waals surface area contributed by atoms with Crippen LogP contribution >= 0.6 is 0 Å². The van der Waals surface area contributed by atoms with Crippen LogP contribution in [0.2, 0.25) is 0 Å². The number of hydrogen-bond donors (Lipinski definition) is 0. The summed E-state index contributed by atoms with van der Waals surface area (Å²) in [5.41, 5.74) is 7.08. The molecule has 2 heteroatoms. The van der Waals surface area contributed by atoms with Gasteiger partial charge in [0.15, 0.2) is 0 Å². The van der Waals surface area contributed by atoms with Gasteiger partial charge in [-0.25, -0.2) is 4.98 Å². The second kappa shape index (κ2) is 11.3. The first-order valence-electron chi connectivity index (χ1n) is 16.1. The molecule has 9 rings (SSSR count). The monoisotopic (exact) mass is 598 g/mol. The molecule has 0 atom stereocenters. The summed E-state index contributed by atoms with van der Waals surface area (Å²) < 4.78 is 0. The molecule has 1 aromatic heterocycles. The third kappa shape index (κ3) is 4.54. The lowest BCUT2D eigenvalue weighted by Gasteiger charge is -2.30. The fraction of sp³-hybridized carbons (Fsp3) is 0. The van der Waals surface area contributed by atoms with Crippen LogP contribution in [-0.4, -0.2) is 4.98 Å². The first-order chi connectivity index (χ1) is 23.3.